The Hall–Kier alpha value is -2.33. The maximum absolute atomic E-state index is 11.3. The predicted octanol–water partition coefficient (Wildman–Crippen LogP) is 3.24. The van der Waals surface area contributed by atoms with E-state index in [1.807, 2.05) is 24.3 Å². The molecule has 1 aliphatic heterocycles. The van der Waals surface area contributed by atoms with Crippen LogP contribution in [0.3, 0.4) is 0 Å². The summed E-state index contributed by atoms with van der Waals surface area (Å²) in [7, 11) is 0. The Bertz CT molecular complexity index is 660. The van der Waals surface area contributed by atoms with Crippen LogP contribution in [0.1, 0.15) is 18.9 Å². The second-order valence-electron chi connectivity index (χ2n) is 6.50. The first-order valence-corrected chi connectivity index (χ1v) is 8.45. The fraction of sp³-hybridized carbons (Fsp3) is 0.350. The second kappa shape index (κ2) is 7.49. The predicted molar refractivity (Wildman–Crippen MR) is 96.1 cm³/mol. The van der Waals surface area contributed by atoms with Crippen molar-refractivity contribution in [3.63, 3.8) is 0 Å². The molecule has 0 spiro atoms. The number of aliphatic carboxylic acids is 1. The summed E-state index contributed by atoms with van der Waals surface area (Å²) in [6.07, 6.45) is 0.160. The van der Waals surface area contributed by atoms with E-state index in [1.165, 1.54) is 5.56 Å². The number of anilines is 1. The smallest absolute Gasteiger partial charge is 0.305 e. The van der Waals surface area contributed by atoms with Gasteiger partial charge in [0.15, 0.2) is 0 Å². The highest BCUT2D eigenvalue weighted by Gasteiger charge is 2.32. The van der Waals surface area contributed by atoms with Gasteiger partial charge in [0.2, 0.25) is 0 Å². The SMILES string of the molecule is C[C@H]1CN(c2ccccc2)[C@H](CC(=O)O)CN1Cc1ccccc1. The van der Waals surface area contributed by atoms with E-state index in [4.69, 9.17) is 0 Å². The molecule has 1 aliphatic rings. The maximum atomic E-state index is 11.3. The molecule has 0 radical (unpaired) electrons. The van der Waals surface area contributed by atoms with Crippen LogP contribution in [0.15, 0.2) is 60.7 Å². The van der Waals surface area contributed by atoms with Crippen LogP contribution >= 0.6 is 0 Å². The molecule has 1 fully saturated rings. The zero-order valence-electron chi connectivity index (χ0n) is 14.0. The minimum Gasteiger partial charge on any atom is -0.481 e. The van der Waals surface area contributed by atoms with Crippen LogP contribution < -0.4 is 4.90 Å². The lowest BCUT2D eigenvalue weighted by Gasteiger charge is -2.46. The van der Waals surface area contributed by atoms with Crippen LogP contribution in [0.4, 0.5) is 5.69 Å². The van der Waals surface area contributed by atoms with E-state index in [9.17, 15) is 9.90 Å². The lowest BCUT2D eigenvalue weighted by molar-refractivity contribution is -0.137. The second-order valence-corrected chi connectivity index (χ2v) is 6.50. The van der Waals surface area contributed by atoms with Crippen LogP contribution in [0.5, 0.6) is 0 Å². The number of benzene rings is 2. The highest BCUT2D eigenvalue weighted by Crippen LogP contribution is 2.26. The van der Waals surface area contributed by atoms with Crippen LogP contribution in [-0.2, 0) is 11.3 Å². The molecule has 0 aliphatic carbocycles. The van der Waals surface area contributed by atoms with Crippen molar-refractivity contribution >= 4 is 11.7 Å². The van der Waals surface area contributed by atoms with E-state index in [-0.39, 0.29) is 12.5 Å². The zero-order valence-corrected chi connectivity index (χ0v) is 14.0. The maximum Gasteiger partial charge on any atom is 0.305 e. The molecule has 0 amide bonds. The lowest BCUT2D eigenvalue weighted by Crippen LogP contribution is -2.57. The van der Waals surface area contributed by atoms with Gasteiger partial charge in [0.05, 0.1) is 12.5 Å². The molecule has 3 rings (SSSR count). The summed E-state index contributed by atoms with van der Waals surface area (Å²) in [5.41, 5.74) is 2.38. The number of para-hydroxylation sites is 1. The van der Waals surface area contributed by atoms with E-state index in [0.29, 0.717) is 6.04 Å². The molecule has 0 saturated carbocycles. The number of carboxylic acids is 1. The highest BCUT2D eigenvalue weighted by atomic mass is 16.4. The molecule has 4 heteroatoms. The van der Waals surface area contributed by atoms with Crippen LogP contribution in [0.2, 0.25) is 0 Å². The molecule has 126 valence electrons. The number of rotatable bonds is 5. The van der Waals surface area contributed by atoms with Gasteiger partial charge in [-0.2, -0.15) is 0 Å². The van der Waals surface area contributed by atoms with Crippen molar-refractivity contribution < 1.29 is 9.90 Å². The Morgan fingerprint density at radius 3 is 2.29 bits per heavy atom. The summed E-state index contributed by atoms with van der Waals surface area (Å²) in [6, 6.07) is 20.9. The summed E-state index contributed by atoms with van der Waals surface area (Å²) >= 11 is 0. The standard InChI is InChI=1S/C20H24N2O2/c1-16-13-22(18-10-6-3-7-11-18)19(12-20(23)24)15-21(16)14-17-8-4-2-5-9-17/h2-11,16,19H,12-15H2,1H3,(H,23,24)/t16-,19+/m0/s1. The Kier molecular flexibility index (Phi) is 5.16. The molecule has 24 heavy (non-hydrogen) atoms. The molecule has 2 aromatic carbocycles. The van der Waals surface area contributed by atoms with E-state index in [0.717, 1.165) is 25.3 Å². The number of hydrogen-bond donors (Lipinski definition) is 1. The average Bonchev–Trinajstić information content (AvgIpc) is 2.59. The highest BCUT2D eigenvalue weighted by molar-refractivity contribution is 5.68. The van der Waals surface area contributed by atoms with Crippen LogP contribution in [0.25, 0.3) is 0 Å². The monoisotopic (exact) mass is 324 g/mol. The van der Waals surface area contributed by atoms with Crippen molar-refractivity contribution in [2.24, 2.45) is 0 Å². The van der Waals surface area contributed by atoms with Gasteiger partial charge in [-0.05, 0) is 24.6 Å². The largest absolute Gasteiger partial charge is 0.481 e. The Morgan fingerprint density at radius 1 is 1.04 bits per heavy atom. The average molecular weight is 324 g/mol. The molecule has 0 unspecified atom stereocenters. The fourth-order valence-electron chi connectivity index (χ4n) is 3.45. The van der Waals surface area contributed by atoms with Gasteiger partial charge in [-0.15, -0.1) is 0 Å². The molecular weight excluding hydrogens is 300 g/mol. The third-order valence-electron chi connectivity index (χ3n) is 4.70. The first-order chi connectivity index (χ1) is 11.6. The molecule has 4 nitrogen and oxygen atoms in total. The topological polar surface area (TPSA) is 43.8 Å². The van der Waals surface area contributed by atoms with Crippen LogP contribution in [-0.4, -0.2) is 41.1 Å². The Labute approximate surface area is 143 Å². The molecule has 2 aromatic rings. The van der Waals surface area contributed by atoms with E-state index < -0.39 is 5.97 Å². The third kappa shape index (κ3) is 3.95. The van der Waals surface area contributed by atoms with Crippen molar-refractivity contribution in [2.75, 3.05) is 18.0 Å². The molecule has 1 saturated heterocycles. The number of nitrogens with zero attached hydrogens (tertiary/aromatic N) is 2. The summed E-state index contributed by atoms with van der Waals surface area (Å²) in [5, 5.41) is 9.33. The van der Waals surface area contributed by atoms with E-state index in [2.05, 4.69) is 53.1 Å². The van der Waals surface area contributed by atoms with E-state index in [1.54, 1.807) is 0 Å². The number of carboxylic acid groups (broad SMARTS) is 1. The Balaban J connectivity index is 1.78. The van der Waals surface area contributed by atoms with Crippen molar-refractivity contribution in [3.05, 3.63) is 66.2 Å². The molecule has 2 atom stereocenters. The Morgan fingerprint density at radius 2 is 1.67 bits per heavy atom. The van der Waals surface area contributed by atoms with Gasteiger partial charge in [-0.25, -0.2) is 0 Å². The quantitative estimate of drug-likeness (QED) is 0.917. The molecule has 0 bridgehead atoms. The van der Waals surface area contributed by atoms with Crippen molar-refractivity contribution in [1.29, 1.82) is 0 Å². The number of piperazine rings is 1. The molecule has 1 N–H and O–H groups in total. The summed E-state index contributed by atoms with van der Waals surface area (Å²) < 4.78 is 0. The van der Waals surface area contributed by atoms with Gasteiger partial charge in [-0.3, -0.25) is 9.69 Å². The van der Waals surface area contributed by atoms with Gasteiger partial charge in [-0.1, -0.05) is 48.5 Å². The van der Waals surface area contributed by atoms with E-state index >= 15 is 0 Å². The summed E-state index contributed by atoms with van der Waals surface area (Å²) in [5.74, 6) is -0.741. The number of carbonyl (C=O) groups is 1. The fourth-order valence-corrected chi connectivity index (χ4v) is 3.45. The first-order valence-electron chi connectivity index (χ1n) is 8.45. The summed E-state index contributed by atoms with van der Waals surface area (Å²) in [6.45, 7) is 4.68. The first kappa shape index (κ1) is 16.5. The number of hydrogen-bond acceptors (Lipinski definition) is 3. The van der Waals surface area contributed by atoms with Crippen molar-refractivity contribution in [2.45, 2.75) is 32.0 Å². The van der Waals surface area contributed by atoms with Gasteiger partial charge in [0, 0.05) is 31.4 Å². The lowest BCUT2D eigenvalue weighted by atomic mass is 10.0. The summed E-state index contributed by atoms with van der Waals surface area (Å²) in [4.78, 5) is 16.0. The third-order valence-corrected chi connectivity index (χ3v) is 4.70. The van der Waals surface area contributed by atoms with Gasteiger partial charge >= 0.3 is 5.97 Å². The van der Waals surface area contributed by atoms with Crippen molar-refractivity contribution in [1.82, 2.24) is 4.90 Å². The van der Waals surface area contributed by atoms with Gasteiger partial charge < -0.3 is 10.0 Å². The van der Waals surface area contributed by atoms with Gasteiger partial charge in [0.1, 0.15) is 0 Å². The molecular formula is C20H24N2O2. The van der Waals surface area contributed by atoms with Gasteiger partial charge in [0.25, 0.3) is 0 Å². The molecule has 0 aromatic heterocycles. The molecule has 1 heterocycles. The zero-order chi connectivity index (χ0) is 16.9. The normalized spacial score (nSPS) is 21.6. The minimum absolute atomic E-state index is 0.00943. The minimum atomic E-state index is -0.741. The van der Waals surface area contributed by atoms with Crippen molar-refractivity contribution in [3.8, 4) is 0 Å². The van der Waals surface area contributed by atoms with Crippen LogP contribution in [0, 0.1) is 0 Å².